The molecule has 0 aliphatic heterocycles. The molecule has 0 radical (unpaired) electrons. The maximum absolute atomic E-state index is 13.9. The molecule has 2 saturated carbocycles. The van der Waals surface area contributed by atoms with Crippen LogP contribution in [0.4, 0.5) is 10.1 Å². The van der Waals surface area contributed by atoms with Crippen LogP contribution in [-0.2, 0) is 4.79 Å². The van der Waals surface area contributed by atoms with E-state index in [1.54, 1.807) is 44.6 Å². The lowest BCUT2D eigenvalue weighted by Gasteiger charge is -2.31. The Balaban J connectivity index is 1.24. The van der Waals surface area contributed by atoms with Crippen molar-refractivity contribution in [1.82, 2.24) is 14.9 Å². The molecule has 1 aromatic carbocycles. The molecule has 0 spiro atoms. The largest absolute Gasteiger partial charge is 0.343 e. The summed E-state index contributed by atoms with van der Waals surface area (Å²) in [6, 6.07) is 10.2. The molecule has 2 aliphatic carbocycles. The summed E-state index contributed by atoms with van der Waals surface area (Å²) in [4.78, 5) is 35.4. The first-order valence-electron chi connectivity index (χ1n) is 12.7. The van der Waals surface area contributed by atoms with Crippen molar-refractivity contribution in [2.45, 2.75) is 45.4 Å². The van der Waals surface area contributed by atoms with Crippen LogP contribution in [0.2, 0.25) is 0 Å². The van der Waals surface area contributed by atoms with E-state index in [1.807, 2.05) is 26.1 Å². The number of carbonyl (C=O) groups is 2. The molecule has 5 rings (SSSR count). The third kappa shape index (κ3) is 4.47. The van der Waals surface area contributed by atoms with Crippen molar-refractivity contribution in [3.05, 3.63) is 65.9 Å². The van der Waals surface area contributed by atoms with E-state index in [0.29, 0.717) is 35.1 Å². The van der Waals surface area contributed by atoms with Gasteiger partial charge in [0.05, 0.1) is 17.4 Å². The quantitative estimate of drug-likeness (QED) is 0.503. The highest BCUT2D eigenvalue weighted by Gasteiger charge is 2.49. The molecule has 2 amide bonds. The lowest BCUT2D eigenvalue weighted by molar-refractivity contribution is -0.126. The molecule has 3 aromatic rings. The molecule has 2 aliphatic rings. The Hall–Kier alpha value is -3.35. The van der Waals surface area contributed by atoms with Crippen LogP contribution in [-0.4, -0.2) is 40.8 Å². The SMILES string of the molecule is CN(C)C(=O)c1ccc(NC(=O)C(C)(C)[C@H]2C[C@H]3C[C@@H](c4ccnc5ccc(F)cc45)C[C@H]3C2)cn1. The molecule has 2 heterocycles. The number of pyridine rings is 2. The smallest absolute Gasteiger partial charge is 0.271 e. The monoisotopic (exact) mass is 488 g/mol. The Morgan fingerprint density at radius 1 is 1.00 bits per heavy atom. The van der Waals surface area contributed by atoms with Crippen LogP contribution in [0.25, 0.3) is 10.9 Å². The van der Waals surface area contributed by atoms with Crippen LogP contribution >= 0.6 is 0 Å². The van der Waals surface area contributed by atoms with Gasteiger partial charge in [-0.1, -0.05) is 13.8 Å². The van der Waals surface area contributed by atoms with Gasteiger partial charge in [0.2, 0.25) is 5.91 Å². The highest BCUT2D eigenvalue weighted by Crippen LogP contribution is 2.56. The summed E-state index contributed by atoms with van der Waals surface area (Å²) in [6.07, 6.45) is 7.55. The van der Waals surface area contributed by atoms with E-state index in [0.717, 1.165) is 36.6 Å². The first kappa shape index (κ1) is 24.3. The lowest BCUT2D eigenvalue weighted by Crippen LogP contribution is -2.37. The molecular weight excluding hydrogens is 455 g/mol. The normalized spacial score (nSPS) is 23.5. The predicted octanol–water partition coefficient (Wildman–Crippen LogP) is 5.66. The number of nitrogens with zero attached hydrogens (tertiary/aromatic N) is 3. The topological polar surface area (TPSA) is 75.2 Å². The van der Waals surface area contributed by atoms with Gasteiger partial charge in [0.15, 0.2) is 0 Å². The van der Waals surface area contributed by atoms with E-state index in [2.05, 4.69) is 15.3 Å². The summed E-state index contributed by atoms with van der Waals surface area (Å²) in [7, 11) is 3.36. The molecule has 2 fully saturated rings. The minimum atomic E-state index is -0.523. The van der Waals surface area contributed by atoms with Crippen molar-refractivity contribution >= 4 is 28.4 Å². The van der Waals surface area contributed by atoms with Crippen molar-refractivity contribution in [3.63, 3.8) is 0 Å². The van der Waals surface area contributed by atoms with Gasteiger partial charge in [-0.05, 0) is 91.3 Å². The minimum absolute atomic E-state index is 0.0203. The Morgan fingerprint density at radius 2 is 1.72 bits per heavy atom. The zero-order valence-corrected chi connectivity index (χ0v) is 21.3. The number of carbonyl (C=O) groups excluding carboxylic acids is 2. The van der Waals surface area contributed by atoms with Crippen molar-refractivity contribution in [2.75, 3.05) is 19.4 Å². The molecule has 0 bridgehead atoms. The lowest BCUT2D eigenvalue weighted by atomic mass is 9.75. The average molecular weight is 489 g/mol. The summed E-state index contributed by atoms with van der Waals surface area (Å²) >= 11 is 0. The van der Waals surface area contributed by atoms with Crippen molar-refractivity contribution < 1.29 is 14.0 Å². The van der Waals surface area contributed by atoms with Crippen LogP contribution in [0.5, 0.6) is 0 Å². The second-order valence-electron chi connectivity index (χ2n) is 11.2. The van der Waals surface area contributed by atoms with Gasteiger partial charge in [-0.15, -0.1) is 0 Å². The van der Waals surface area contributed by atoms with Gasteiger partial charge in [0.1, 0.15) is 11.5 Å². The summed E-state index contributed by atoms with van der Waals surface area (Å²) < 4.78 is 13.9. The van der Waals surface area contributed by atoms with E-state index in [1.165, 1.54) is 16.5 Å². The Bertz CT molecular complexity index is 1290. The number of anilines is 1. The summed E-state index contributed by atoms with van der Waals surface area (Å²) in [5.74, 6) is 1.42. The second kappa shape index (κ2) is 9.26. The first-order chi connectivity index (χ1) is 17.1. The van der Waals surface area contributed by atoms with Crippen LogP contribution in [0, 0.1) is 29.0 Å². The summed E-state index contributed by atoms with van der Waals surface area (Å²) in [6.45, 7) is 4.06. The van der Waals surface area contributed by atoms with Gasteiger partial charge in [-0.2, -0.15) is 0 Å². The molecule has 1 N–H and O–H groups in total. The molecule has 36 heavy (non-hydrogen) atoms. The number of hydrogen-bond acceptors (Lipinski definition) is 4. The third-order valence-electron chi connectivity index (χ3n) is 8.45. The van der Waals surface area contributed by atoms with Gasteiger partial charge in [0, 0.05) is 31.1 Å². The molecule has 188 valence electrons. The molecule has 4 atom stereocenters. The van der Waals surface area contributed by atoms with Crippen LogP contribution in [0.1, 0.15) is 61.5 Å². The number of nitrogens with one attached hydrogen (secondary N) is 1. The van der Waals surface area contributed by atoms with Gasteiger partial charge >= 0.3 is 0 Å². The molecule has 0 saturated heterocycles. The maximum Gasteiger partial charge on any atom is 0.271 e. The number of hydrogen-bond donors (Lipinski definition) is 1. The average Bonchev–Trinajstić information content (AvgIpc) is 3.43. The van der Waals surface area contributed by atoms with Crippen molar-refractivity contribution in [1.29, 1.82) is 0 Å². The molecule has 7 heteroatoms. The standard InChI is InChI=1S/C29H33FN4O2/c1-29(2,28(36)33-22-6-8-26(32-16-22)27(35)34(3)4)20-13-17-11-19(12-18(17)14-20)23-9-10-31-25-7-5-21(30)15-24(23)25/h5-10,15-20H,11-14H2,1-4H3,(H,33,36)/t17-,18+,19-,20+. The van der Waals surface area contributed by atoms with Crippen molar-refractivity contribution in [2.24, 2.45) is 23.2 Å². The zero-order valence-electron chi connectivity index (χ0n) is 21.3. The number of amides is 2. The van der Waals surface area contributed by atoms with Crippen molar-refractivity contribution in [3.8, 4) is 0 Å². The Labute approximate surface area is 211 Å². The van der Waals surface area contributed by atoms with E-state index in [-0.39, 0.29) is 17.6 Å². The fraction of sp³-hybridized carbons (Fsp3) is 0.448. The first-order valence-corrected chi connectivity index (χ1v) is 12.7. The van der Waals surface area contributed by atoms with Gasteiger partial charge in [-0.25, -0.2) is 9.37 Å². The zero-order chi connectivity index (χ0) is 25.6. The van der Waals surface area contributed by atoms with Crippen LogP contribution in [0.15, 0.2) is 48.8 Å². The van der Waals surface area contributed by atoms with E-state index in [4.69, 9.17) is 0 Å². The van der Waals surface area contributed by atoms with Crippen LogP contribution < -0.4 is 5.32 Å². The van der Waals surface area contributed by atoms with E-state index < -0.39 is 5.41 Å². The minimum Gasteiger partial charge on any atom is -0.343 e. The van der Waals surface area contributed by atoms with Gasteiger partial charge < -0.3 is 10.2 Å². The highest BCUT2D eigenvalue weighted by molar-refractivity contribution is 5.96. The molecule has 0 unspecified atom stereocenters. The number of halogens is 1. The van der Waals surface area contributed by atoms with Gasteiger partial charge in [-0.3, -0.25) is 14.6 Å². The number of aromatic nitrogens is 2. The highest BCUT2D eigenvalue weighted by atomic mass is 19.1. The Kier molecular flexibility index (Phi) is 6.27. The summed E-state index contributed by atoms with van der Waals surface area (Å²) in [5.41, 5.74) is 2.46. The predicted molar refractivity (Wildman–Crippen MR) is 138 cm³/mol. The number of benzene rings is 1. The van der Waals surface area contributed by atoms with E-state index >= 15 is 0 Å². The fourth-order valence-corrected chi connectivity index (χ4v) is 6.26. The maximum atomic E-state index is 13.9. The van der Waals surface area contributed by atoms with Gasteiger partial charge in [0.25, 0.3) is 5.91 Å². The number of rotatable bonds is 5. The third-order valence-corrected chi connectivity index (χ3v) is 8.45. The second-order valence-corrected chi connectivity index (χ2v) is 11.2. The van der Waals surface area contributed by atoms with Crippen LogP contribution in [0.3, 0.4) is 0 Å². The molecular formula is C29H33FN4O2. The molecule has 6 nitrogen and oxygen atoms in total. The fourth-order valence-electron chi connectivity index (χ4n) is 6.26. The molecule has 2 aromatic heterocycles. The Morgan fingerprint density at radius 3 is 2.36 bits per heavy atom. The van der Waals surface area contributed by atoms with E-state index in [9.17, 15) is 14.0 Å². The summed E-state index contributed by atoms with van der Waals surface area (Å²) in [5, 5.41) is 3.93. The number of fused-ring (bicyclic) bond motifs is 2.